The number of methoxy groups -OCH3 is 1. The summed E-state index contributed by atoms with van der Waals surface area (Å²) in [6, 6.07) is 6.16. The number of esters is 1. The van der Waals surface area contributed by atoms with Crippen LogP contribution in [0.4, 0.5) is 0 Å². The molecule has 2 aliphatic rings. The molecule has 0 aromatic heterocycles. The van der Waals surface area contributed by atoms with Crippen molar-refractivity contribution in [3.05, 3.63) is 70.8 Å². The van der Waals surface area contributed by atoms with Crippen LogP contribution in [-0.2, 0) is 37.3 Å². The molecule has 10 nitrogen and oxygen atoms in total. The molecule has 2 aliphatic heterocycles. The molecule has 0 saturated carbocycles. The van der Waals surface area contributed by atoms with Gasteiger partial charge in [0, 0.05) is 5.56 Å². The summed E-state index contributed by atoms with van der Waals surface area (Å²) in [7, 11) is -5.50. The normalized spacial score (nSPS) is 16.1. The fraction of sp³-hybridized carbons (Fsp3) is 0.269. The molecule has 4 rings (SSSR count). The maximum absolute atomic E-state index is 12.0. The minimum Gasteiger partial charge on any atom is -0.465 e. The Morgan fingerprint density at radius 1 is 0.842 bits per heavy atom. The van der Waals surface area contributed by atoms with E-state index in [0.29, 0.717) is 46.2 Å². The third-order valence-corrected chi connectivity index (χ3v) is 9.67. The lowest BCUT2D eigenvalue weighted by molar-refractivity contribution is 0.0599. The van der Waals surface area contributed by atoms with Gasteiger partial charge in [0.1, 0.15) is 0 Å². The van der Waals surface area contributed by atoms with Crippen molar-refractivity contribution in [3.63, 3.8) is 0 Å². The average Bonchev–Trinajstić information content (AvgIpc) is 3.22. The van der Waals surface area contributed by atoms with Gasteiger partial charge in [-0.3, -0.25) is 4.79 Å². The number of aliphatic imine (C=N–C) groups is 1. The highest BCUT2D eigenvalue weighted by Gasteiger charge is 2.32. The topological polar surface area (TPSA) is 176 Å². The van der Waals surface area contributed by atoms with Crippen LogP contribution in [0.5, 0.6) is 0 Å². The van der Waals surface area contributed by atoms with Crippen molar-refractivity contribution in [2.75, 3.05) is 18.6 Å². The molecule has 2 heterocycles. The summed E-state index contributed by atoms with van der Waals surface area (Å²) in [4.78, 5) is 27.4. The number of nitrogens with zero attached hydrogens (tertiary/aromatic N) is 1. The molecular weight excluding hydrogens is 530 g/mol. The number of benzene rings is 2. The van der Waals surface area contributed by atoms with Gasteiger partial charge in [-0.2, -0.15) is 4.99 Å². The van der Waals surface area contributed by atoms with E-state index in [4.69, 9.17) is 11.5 Å². The number of aryl methyl sites for hydroxylation is 2. The Balaban J connectivity index is 0.000000212. The molecule has 0 atom stereocenters. The first kappa shape index (κ1) is 28.8. The van der Waals surface area contributed by atoms with E-state index in [1.165, 1.54) is 19.2 Å². The summed E-state index contributed by atoms with van der Waals surface area (Å²) >= 11 is 0. The zero-order valence-electron chi connectivity index (χ0n) is 21.3. The van der Waals surface area contributed by atoms with Crippen molar-refractivity contribution < 1.29 is 31.2 Å². The molecule has 0 spiro atoms. The average molecular weight is 560 g/mol. The summed E-state index contributed by atoms with van der Waals surface area (Å²) < 4.78 is 52.5. The van der Waals surface area contributed by atoms with Gasteiger partial charge in [-0.1, -0.05) is 27.0 Å². The van der Waals surface area contributed by atoms with Crippen molar-refractivity contribution in [3.8, 4) is 0 Å². The number of hydrogen-bond acceptors (Lipinski definition) is 7. The summed E-state index contributed by atoms with van der Waals surface area (Å²) in [6.45, 7) is 11.3. The molecule has 0 fully saturated rings. The van der Waals surface area contributed by atoms with E-state index < -0.39 is 31.6 Å². The van der Waals surface area contributed by atoms with Crippen molar-refractivity contribution >= 4 is 48.7 Å². The van der Waals surface area contributed by atoms with Crippen LogP contribution in [0, 0.1) is 0 Å². The second-order valence-corrected chi connectivity index (χ2v) is 12.7. The molecule has 4 N–H and O–H groups in total. The standard InChI is InChI=1S/C13H15N3O3S.C13H14O4S/c1-3-8-4-9-7(2)6-20(18,19)11(9)5-10(8)12(17)16-13(14)15;1-4-9-5-10-8(2)7-18(15,16)12(10)6-11(9)13(14)17-3/h4-5H,2-3,6H2,1H3,(H4,14,15,16,17);5-6H,2,4,7H2,1,3H3. The number of carbonyl (C=O) groups excluding carboxylic acids is 2. The van der Waals surface area contributed by atoms with Crippen molar-refractivity contribution in [1.29, 1.82) is 0 Å². The molecule has 38 heavy (non-hydrogen) atoms. The van der Waals surface area contributed by atoms with Gasteiger partial charge in [-0.05, 0) is 70.5 Å². The highest BCUT2D eigenvalue weighted by atomic mass is 32.2. The quantitative estimate of drug-likeness (QED) is 0.323. The van der Waals surface area contributed by atoms with Crippen LogP contribution in [0.15, 0.2) is 52.2 Å². The van der Waals surface area contributed by atoms with Gasteiger partial charge in [0.2, 0.25) is 0 Å². The van der Waals surface area contributed by atoms with Gasteiger partial charge in [0.05, 0.1) is 34.0 Å². The van der Waals surface area contributed by atoms with E-state index in [2.05, 4.69) is 22.9 Å². The number of hydrogen-bond donors (Lipinski definition) is 2. The van der Waals surface area contributed by atoms with E-state index in [-0.39, 0.29) is 32.8 Å². The van der Waals surface area contributed by atoms with E-state index in [0.717, 1.165) is 5.56 Å². The van der Waals surface area contributed by atoms with Gasteiger partial charge < -0.3 is 16.2 Å². The second-order valence-electron chi connectivity index (χ2n) is 8.78. The molecule has 0 saturated heterocycles. The number of guanidine groups is 1. The predicted octanol–water partition coefficient (Wildman–Crippen LogP) is 2.30. The number of ether oxygens (including phenoxy) is 1. The van der Waals surface area contributed by atoms with Gasteiger partial charge in [0.15, 0.2) is 25.6 Å². The van der Waals surface area contributed by atoms with Gasteiger partial charge in [-0.15, -0.1) is 0 Å². The Bertz CT molecular complexity index is 1630. The first-order chi connectivity index (χ1) is 17.7. The predicted molar refractivity (Wildman–Crippen MR) is 145 cm³/mol. The smallest absolute Gasteiger partial charge is 0.338 e. The van der Waals surface area contributed by atoms with E-state index in [1.54, 1.807) is 12.1 Å². The molecule has 0 radical (unpaired) electrons. The Kier molecular flexibility index (Phi) is 7.99. The maximum Gasteiger partial charge on any atom is 0.338 e. The third kappa shape index (κ3) is 5.41. The van der Waals surface area contributed by atoms with Crippen LogP contribution in [0.25, 0.3) is 11.1 Å². The lowest BCUT2D eigenvalue weighted by atomic mass is 9.98. The van der Waals surface area contributed by atoms with Crippen molar-refractivity contribution in [1.82, 2.24) is 0 Å². The van der Waals surface area contributed by atoms with E-state index in [9.17, 15) is 26.4 Å². The molecular formula is C26H29N3O7S2. The Labute approximate surface area is 221 Å². The molecule has 0 unspecified atom stereocenters. The van der Waals surface area contributed by atoms with E-state index in [1.807, 2.05) is 13.8 Å². The number of carbonyl (C=O) groups is 2. The van der Waals surface area contributed by atoms with E-state index >= 15 is 0 Å². The fourth-order valence-electron chi connectivity index (χ4n) is 4.35. The Hall–Kier alpha value is -3.77. The number of amides is 1. The Morgan fingerprint density at radius 3 is 1.66 bits per heavy atom. The SMILES string of the molecule is C=C1CS(=O)(=O)c2cc(C(=O)N=C(N)N)c(CC)cc21.C=C1CS(=O)(=O)c2cc(C(=O)OC)c(CC)cc21. The highest BCUT2D eigenvalue weighted by molar-refractivity contribution is 7.92. The lowest BCUT2D eigenvalue weighted by Gasteiger charge is -2.09. The van der Waals surface area contributed by atoms with Gasteiger partial charge in [-0.25, -0.2) is 21.6 Å². The minimum absolute atomic E-state index is 0.0733. The highest BCUT2D eigenvalue weighted by Crippen LogP contribution is 2.36. The van der Waals surface area contributed by atoms with Crippen molar-refractivity contribution in [2.24, 2.45) is 16.5 Å². The molecule has 0 bridgehead atoms. The number of fused-ring (bicyclic) bond motifs is 2. The third-order valence-electron chi connectivity index (χ3n) is 6.20. The van der Waals surface area contributed by atoms with Crippen LogP contribution in [-0.4, -0.2) is 53.3 Å². The van der Waals surface area contributed by atoms with Crippen molar-refractivity contribution in [2.45, 2.75) is 36.5 Å². The zero-order chi connectivity index (χ0) is 28.6. The van der Waals surface area contributed by atoms with Crippen LogP contribution in [0.2, 0.25) is 0 Å². The summed E-state index contributed by atoms with van der Waals surface area (Å²) in [6.07, 6.45) is 1.19. The summed E-state index contributed by atoms with van der Waals surface area (Å²) in [5.41, 5.74) is 14.7. The van der Waals surface area contributed by atoms with Gasteiger partial charge in [0.25, 0.3) is 5.91 Å². The van der Waals surface area contributed by atoms with Crippen LogP contribution in [0.3, 0.4) is 0 Å². The minimum atomic E-state index is -3.43. The zero-order valence-corrected chi connectivity index (χ0v) is 23.0. The molecule has 2 aromatic rings. The van der Waals surface area contributed by atoms with Crippen LogP contribution in [0.1, 0.15) is 56.8 Å². The molecule has 12 heteroatoms. The molecule has 2 aromatic carbocycles. The molecule has 0 aliphatic carbocycles. The lowest BCUT2D eigenvalue weighted by Crippen LogP contribution is -2.24. The maximum atomic E-state index is 12.0. The fourth-order valence-corrected chi connectivity index (χ4v) is 7.56. The monoisotopic (exact) mass is 559 g/mol. The molecule has 1 amide bonds. The first-order valence-corrected chi connectivity index (χ1v) is 14.8. The number of sulfone groups is 2. The number of rotatable bonds is 4. The first-order valence-electron chi connectivity index (χ1n) is 11.5. The molecule has 202 valence electrons. The van der Waals surface area contributed by atoms with Crippen LogP contribution >= 0.6 is 0 Å². The van der Waals surface area contributed by atoms with Crippen LogP contribution < -0.4 is 11.5 Å². The second kappa shape index (κ2) is 10.5. The Morgan fingerprint density at radius 2 is 1.26 bits per heavy atom. The number of nitrogens with two attached hydrogens (primary N) is 2. The largest absolute Gasteiger partial charge is 0.465 e. The van der Waals surface area contributed by atoms with Gasteiger partial charge >= 0.3 is 5.97 Å². The summed E-state index contributed by atoms with van der Waals surface area (Å²) in [5.74, 6) is -1.70. The summed E-state index contributed by atoms with van der Waals surface area (Å²) in [5, 5.41) is 0.